The van der Waals surface area contributed by atoms with Gasteiger partial charge in [0.2, 0.25) is 5.44 Å². The predicted molar refractivity (Wildman–Crippen MR) is 108 cm³/mol. The number of nitrogens with zero attached hydrogens (tertiary/aromatic N) is 2. The van der Waals surface area contributed by atoms with E-state index >= 15 is 0 Å². The summed E-state index contributed by atoms with van der Waals surface area (Å²) in [6.45, 7) is 15.0. The Bertz CT molecular complexity index is 821. The quantitative estimate of drug-likeness (QED) is 0.460. The maximum Gasteiger partial charge on any atom is 0.204 e. The molecule has 0 N–H and O–H groups in total. The van der Waals surface area contributed by atoms with Crippen LogP contribution < -0.4 is 0 Å². The Morgan fingerprint density at radius 3 is 2.36 bits per heavy atom. The van der Waals surface area contributed by atoms with Crippen LogP contribution >= 0.6 is 0 Å². The van der Waals surface area contributed by atoms with Gasteiger partial charge < -0.3 is 0 Å². The topological polar surface area (TPSA) is 93.2 Å². The van der Waals surface area contributed by atoms with Gasteiger partial charge >= 0.3 is 0 Å². The third-order valence-corrected chi connectivity index (χ3v) is 7.76. The molecule has 0 aliphatic carbocycles. The second-order valence-corrected chi connectivity index (χ2v) is 13.3. The van der Waals surface area contributed by atoms with E-state index < -0.39 is 42.2 Å². The van der Waals surface area contributed by atoms with Crippen LogP contribution in [0.2, 0.25) is 0 Å². The van der Waals surface area contributed by atoms with Gasteiger partial charge in [-0.3, -0.25) is 14.7 Å². The van der Waals surface area contributed by atoms with Gasteiger partial charge in [0, 0.05) is 23.1 Å². The molecule has 0 aromatic rings. The number of hydrogen-bond acceptors (Lipinski definition) is 8. The maximum absolute atomic E-state index is 12.8. The van der Waals surface area contributed by atoms with Crippen LogP contribution in [-0.4, -0.2) is 67.6 Å². The summed E-state index contributed by atoms with van der Waals surface area (Å²) in [5.41, 5.74) is -2.22. The van der Waals surface area contributed by atoms with E-state index in [-0.39, 0.29) is 17.4 Å². The minimum atomic E-state index is -3.54. The Labute approximate surface area is 168 Å². The normalized spacial score (nSPS) is 28.6. The fourth-order valence-electron chi connectivity index (χ4n) is 3.30. The number of rotatable bonds is 6. The molecule has 2 aliphatic heterocycles. The third-order valence-electron chi connectivity index (χ3n) is 4.55. The molecule has 3 atom stereocenters. The molecule has 2 fully saturated rings. The first-order valence-corrected chi connectivity index (χ1v) is 12.6. The zero-order chi connectivity index (χ0) is 21.5. The summed E-state index contributed by atoms with van der Waals surface area (Å²) in [6.07, 6.45) is 2.57. The van der Waals surface area contributed by atoms with Gasteiger partial charge in [0.05, 0.1) is 29.7 Å². The van der Waals surface area contributed by atoms with Crippen molar-refractivity contribution in [3.05, 3.63) is 24.3 Å². The van der Waals surface area contributed by atoms with Gasteiger partial charge in [-0.15, -0.1) is 6.58 Å². The minimum absolute atomic E-state index is 0.0224. The molecule has 10 heteroatoms. The lowest BCUT2D eigenvalue weighted by atomic mass is 10.0. The summed E-state index contributed by atoms with van der Waals surface area (Å²) in [4.78, 5) is 11.7. The SMILES string of the molecule is C=CCS(=O)(=O)/C=C/N(OC1C2C(CON2C(C)(C)C)CS1(=O)=O)C(C)(C)C. The van der Waals surface area contributed by atoms with E-state index in [1.807, 2.05) is 41.5 Å². The van der Waals surface area contributed by atoms with Crippen LogP contribution in [0.3, 0.4) is 0 Å². The van der Waals surface area contributed by atoms with Crippen LogP contribution in [0, 0.1) is 5.92 Å². The smallest absolute Gasteiger partial charge is 0.204 e. The van der Waals surface area contributed by atoms with Crippen LogP contribution in [-0.2, 0) is 29.3 Å². The van der Waals surface area contributed by atoms with E-state index in [4.69, 9.17) is 9.68 Å². The molecule has 0 saturated carbocycles. The Morgan fingerprint density at radius 2 is 1.86 bits per heavy atom. The molecule has 28 heavy (non-hydrogen) atoms. The second-order valence-electron chi connectivity index (χ2n) is 9.25. The number of hydrogen-bond donors (Lipinski definition) is 0. The van der Waals surface area contributed by atoms with Gasteiger partial charge in [0.25, 0.3) is 0 Å². The highest BCUT2D eigenvalue weighted by molar-refractivity contribution is 7.94. The van der Waals surface area contributed by atoms with Crippen molar-refractivity contribution >= 4 is 19.7 Å². The van der Waals surface area contributed by atoms with E-state index in [0.29, 0.717) is 6.61 Å². The highest BCUT2D eigenvalue weighted by Gasteiger charge is 2.58. The van der Waals surface area contributed by atoms with Gasteiger partial charge in [-0.05, 0) is 41.5 Å². The fraction of sp³-hybridized carbons (Fsp3) is 0.778. The van der Waals surface area contributed by atoms with Crippen LogP contribution in [0.15, 0.2) is 24.3 Å². The van der Waals surface area contributed by atoms with E-state index in [1.54, 1.807) is 5.06 Å². The minimum Gasteiger partial charge on any atom is -0.298 e. The van der Waals surface area contributed by atoms with Crippen molar-refractivity contribution in [2.75, 3.05) is 18.1 Å². The first-order valence-electron chi connectivity index (χ1n) is 9.20. The predicted octanol–water partition coefficient (Wildman–Crippen LogP) is 1.88. The van der Waals surface area contributed by atoms with E-state index in [2.05, 4.69) is 6.58 Å². The monoisotopic (exact) mass is 436 g/mol. The molecule has 0 radical (unpaired) electrons. The summed E-state index contributed by atoms with van der Waals surface area (Å²) in [5, 5.41) is 4.02. The lowest BCUT2D eigenvalue weighted by Crippen LogP contribution is -2.52. The van der Waals surface area contributed by atoms with Crippen molar-refractivity contribution in [2.45, 2.75) is 64.1 Å². The van der Waals surface area contributed by atoms with E-state index in [9.17, 15) is 16.8 Å². The molecule has 0 aromatic heterocycles. The lowest BCUT2D eigenvalue weighted by Gasteiger charge is -2.40. The van der Waals surface area contributed by atoms with Crippen molar-refractivity contribution < 1.29 is 26.5 Å². The maximum atomic E-state index is 12.8. The zero-order valence-electron chi connectivity index (χ0n) is 17.5. The molecule has 162 valence electrons. The molecule has 0 aromatic carbocycles. The van der Waals surface area contributed by atoms with Gasteiger partial charge in [-0.1, -0.05) is 6.08 Å². The summed E-state index contributed by atoms with van der Waals surface area (Å²) in [5.74, 6) is -0.421. The molecule has 2 saturated heterocycles. The lowest BCUT2D eigenvalue weighted by molar-refractivity contribution is -0.239. The molecule has 8 nitrogen and oxygen atoms in total. The van der Waals surface area contributed by atoms with E-state index in [0.717, 1.165) is 5.41 Å². The molecule has 2 rings (SSSR count). The van der Waals surface area contributed by atoms with E-state index in [1.165, 1.54) is 17.3 Å². The van der Waals surface area contributed by atoms with Crippen molar-refractivity contribution in [1.29, 1.82) is 0 Å². The molecule has 2 heterocycles. The first-order chi connectivity index (χ1) is 12.6. The standard InChI is InChI=1S/C18H32N2O6S2/c1-8-10-27(21,22)11-9-19(17(2,3)4)26-16-15-14(13-28(16,23)24)12-25-20(15)18(5,6)7/h8-9,11,14-16H,1,10,12-13H2,2-7H3/b11-9+. The molecule has 0 bridgehead atoms. The Balaban J connectivity index is 2.36. The first kappa shape index (κ1) is 23.3. The van der Waals surface area contributed by atoms with Gasteiger partial charge in [0.15, 0.2) is 19.7 Å². The van der Waals surface area contributed by atoms with Gasteiger partial charge in [-0.2, -0.15) is 5.06 Å². The second kappa shape index (κ2) is 7.71. The average Bonchev–Trinajstić information content (AvgIpc) is 2.97. The third kappa shape index (κ3) is 5.15. The van der Waals surface area contributed by atoms with Crippen LogP contribution in [0.1, 0.15) is 41.5 Å². The Morgan fingerprint density at radius 1 is 1.25 bits per heavy atom. The fourth-order valence-corrected chi connectivity index (χ4v) is 6.10. The van der Waals surface area contributed by atoms with Gasteiger partial charge in [0.1, 0.15) is 0 Å². The summed E-state index contributed by atoms with van der Waals surface area (Å²) >= 11 is 0. The van der Waals surface area contributed by atoms with Crippen molar-refractivity contribution in [3.63, 3.8) is 0 Å². The Kier molecular flexibility index (Phi) is 6.43. The van der Waals surface area contributed by atoms with Crippen molar-refractivity contribution in [1.82, 2.24) is 10.1 Å². The van der Waals surface area contributed by atoms with Crippen LogP contribution in [0.5, 0.6) is 0 Å². The summed E-state index contributed by atoms with van der Waals surface area (Å²) in [7, 11) is -7.05. The number of hydroxylamine groups is 4. The van der Waals surface area contributed by atoms with Crippen LogP contribution in [0.4, 0.5) is 0 Å². The highest BCUT2D eigenvalue weighted by Crippen LogP contribution is 2.41. The largest absolute Gasteiger partial charge is 0.298 e. The molecular weight excluding hydrogens is 404 g/mol. The highest BCUT2D eigenvalue weighted by atomic mass is 32.2. The molecule has 3 unspecified atom stereocenters. The molecule has 2 aliphatic rings. The summed E-state index contributed by atoms with van der Waals surface area (Å²) in [6, 6.07) is -0.465. The zero-order valence-corrected chi connectivity index (χ0v) is 19.1. The molecular formula is C18H32N2O6S2. The molecule has 0 amide bonds. The Hall–Kier alpha value is -0.940. The number of fused-ring (bicyclic) bond motifs is 1. The van der Waals surface area contributed by atoms with Crippen LogP contribution in [0.25, 0.3) is 0 Å². The van der Waals surface area contributed by atoms with Crippen molar-refractivity contribution in [2.24, 2.45) is 5.92 Å². The summed E-state index contributed by atoms with van der Waals surface area (Å²) < 4.78 is 49.7. The molecule has 0 spiro atoms. The van der Waals surface area contributed by atoms with Gasteiger partial charge in [-0.25, -0.2) is 16.8 Å². The van der Waals surface area contributed by atoms with Crippen molar-refractivity contribution in [3.8, 4) is 0 Å². The number of sulfone groups is 2. The average molecular weight is 437 g/mol.